The number of nitrogens with zero attached hydrogens (tertiary/aromatic N) is 3. The predicted octanol–water partition coefficient (Wildman–Crippen LogP) is 1.70. The van der Waals surface area contributed by atoms with Gasteiger partial charge >= 0.3 is 0 Å². The molecule has 0 radical (unpaired) electrons. The lowest BCUT2D eigenvalue weighted by Crippen LogP contribution is -2.46. The van der Waals surface area contributed by atoms with Gasteiger partial charge in [0.2, 0.25) is 0 Å². The summed E-state index contributed by atoms with van der Waals surface area (Å²) in [5.41, 5.74) is 1.01. The fourth-order valence-corrected chi connectivity index (χ4v) is 2.84. The third kappa shape index (κ3) is 4.80. The average Bonchev–Trinajstić information content (AvgIpc) is 3.16. The van der Waals surface area contributed by atoms with Gasteiger partial charge in [0, 0.05) is 51.4 Å². The topological polar surface area (TPSA) is 44.5 Å². The monoisotopic (exact) mass is 292 g/mol. The molecule has 0 bridgehead atoms. The van der Waals surface area contributed by atoms with Crippen LogP contribution in [0.3, 0.4) is 0 Å². The Morgan fingerprint density at radius 3 is 2.62 bits per heavy atom. The maximum atomic E-state index is 5.46. The second-order valence-electron chi connectivity index (χ2n) is 6.84. The molecule has 1 aromatic heterocycles. The molecule has 1 N–H and O–H groups in total. The van der Waals surface area contributed by atoms with Gasteiger partial charge in [0.05, 0.1) is 12.2 Å². The molecule has 5 nitrogen and oxygen atoms in total. The van der Waals surface area contributed by atoms with Crippen molar-refractivity contribution in [2.24, 2.45) is 5.92 Å². The van der Waals surface area contributed by atoms with Crippen molar-refractivity contribution in [3.05, 3.63) is 17.5 Å². The van der Waals surface area contributed by atoms with Crippen molar-refractivity contribution in [1.29, 1.82) is 0 Å². The second-order valence-corrected chi connectivity index (χ2v) is 6.84. The minimum atomic E-state index is 0.477. The van der Waals surface area contributed by atoms with Crippen LogP contribution in [0.5, 0.6) is 0 Å². The molecule has 21 heavy (non-hydrogen) atoms. The van der Waals surface area contributed by atoms with Crippen LogP contribution in [0.1, 0.15) is 38.1 Å². The normalized spacial score (nSPS) is 21.3. The third-order valence-corrected chi connectivity index (χ3v) is 4.36. The largest absolute Gasteiger partial charge is 0.360 e. The van der Waals surface area contributed by atoms with Gasteiger partial charge in [0.15, 0.2) is 5.76 Å². The van der Waals surface area contributed by atoms with Crippen LogP contribution in [0.25, 0.3) is 0 Å². The molecule has 0 aromatic carbocycles. The van der Waals surface area contributed by atoms with Crippen LogP contribution < -0.4 is 5.32 Å². The van der Waals surface area contributed by atoms with E-state index in [-0.39, 0.29) is 0 Å². The van der Waals surface area contributed by atoms with Gasteiger partial charge < -0.3 is 14.7 Å². The summed E-state index contributed by atoms with van der Waals surface area (Å²) in [5, 5.41) is 7.51. The highest BCUT2D eigenvalue weighted by molar-refractivity contribution is 5.05. The van der Waals surface area contributed by atoms with Gasteiger partial charge in [-0.05, 0) is 18.8 Å². The van der Waals surface area contributed by atoms with Crippen LogP contribution >= 0.6 is 0 Å². The van der Waals surface area contributed by atoms with Crippen LogP contribution in [-0.4, -0.2) is 53.7 Å². The molecule has 0 amide bonds. The van der Waals surface area contributed by atoms with E-state index in [4.69, 9.17) is 4.52 Å². The van der Waals surface area contributed by atoms with E-state index in [0.717, 1.165) is 43.6 Å². The SMILES string of the molecule is CC(C)NCc1cc(CN2CCN(CC3CC3)CC2)on1. The van der Waals surface area contributed by atoms with Crippen LogP contribution in [-0.2, 0) is 13.1 Å². The summed E-state index contributed by atoms with van der Waals surface area (Å²) in [5.74, 6) is 1.99. The molecular weight excluding hydrogens is 264 g/mol. The summed E-state index contributed by atoms with van der Waals surface area (Å²) in [6.07, 6.45) is 2.90. The van der Waals surface area contributed by atoms with Crippen molar-refractivity contribution >= 4 is 0 Å². The summed E-state index contributed by atoms with van der Waals surface area (Å²) in [6, 6.07) is 2.57. The summed E-state index contributed by atoms with van der Waals surface area (Å²) in [4.78, 5) is 5.09. The Hall–Kier alpha value is -0.910. The minimum Gasteiger partial charge on any atom is -0.360 e. The zero-order valence-electron chi connectivity index (χ0n) is 13.3. The molecule has 0 spiro atoms. The lowest BCUT2D eigenvalue weighted by Gasteiger charge is -2.34. The van der Waals surface area contributed by atoms with E-state index in [1.54, 1.807) is 0 Å². The molecule has 2 heterocycles. The fraction of sp³-hybridized carbons (Fsp3) is 0.812. The summed E-state index contributed by atoms with van der Waals surface area (Å²) in [6.45, 7) is 12.0. The van der Waals surface area contributed by atoms with Gasteiger partial charge in [0.1, 0.15) is 0 Å². The first kappa shape index (κ1) is 15.0. The number of hydrogen-bond acceptors (Lipinski definition) is 5. The van der Waals surface area contributed by atoms with Crippen LogP contribution in [0.2, 0.25) is 0 Å². The summed E-state index contributed by atoms with van der Waals surface area (Å²) < 4.78 is 5.46. The number of aromatic nitrogens is 1. The van der Waals surface area contributed by atoms with Crippen molar-refractivity contribution in [1.82, 2.24) is 20.3 Å². The number of piperazine rings is 1. The molecule has 1 aliphatic heterocycles. The Morgan fingerprint density at radius 2 is 1.95 bits per heavy atom. The molecule has 2 aliphatic rings. The summed E-state index contributed by atoms with van der Waals surface area (Å²) >= 11 is 0. The van der Waals surface area contributed by atoms with Gasteiger partial charge in [-0.2, -0.15) is 0 Å². The second kappa shape index (κ2) is 6.90. The van der Waals surface area contributed by atoms with Crippen molar-refractivity contribution in [3.63, 3.8) is 0 Å². The highest BCUT2D eigenvalue weighted by Crippen LogP contribution is 2.29. The van der Waals surface area contributed by atoms with Gasteiger partial charge in [-0.15, -0.1) is 0 Å². The number of rotatable bonds is 7. The van der Waals surface area contributed by atoms with Crippen molar-refractivity contribution in [2.45, 2.75) is 45.8 Å². The van der Waals surface area contributed by atoms with E-state index in [0.29, 0.717) is 6.04 Å². The van der Waals surface area contributed by atoms with E-state index in [9.17, 15) is 0 Å². The van der Waals surface area contributed by atoms with Gasteiger partial charge in [-0.1, -0.05) is 19.0 Å². The Morgan fingerprint density at radius 1 is 1.24 bits per heavy atom. The van der Waals surface area contributed by atoms with Gasteiger partial charge in [-0.25, -0.2) is 0 Å². The third-order valence-electron chi connectivity index (χ3n) is 4.36. The van der Waals surface area contributed by atoms with Crippen molar-refractivity contribution < 1.29 is 4.52 Å². The maximum Gasteiger partial charge on any atom is 0.151 e. The zero-order chi connectivity index (χ0) is 14.7. The average molecular weight is 292 g/mol. The smallest absolute Gasteiger partial charge is 0.151 e. The lowest BCUT2D eigenvalue weighted by atomic mass is 10.2. The van der Waals surface area contributed by atoms with Gasteiger partial charge in [0.25, 0.3) is 0 Å². The number of nitrogens with one attached hydrogen (secondary N) is 1. The molecular formula is C16H28N4O. The van der Waals surface area contributed by atoms with Crippen molar-refractivity contribution in [3.8, 4) is 0 Å². The standard InChI is InChI=1S/C16H28N4O/c1-13(2)17-10-15-9-16(21-18-15)12-20-7-5-19(6-8-20)11-14-3-4-14/h9,13-14,17H,3-8,10-12H2,1-2H3. The van der Waals surface area contributed by atoms with E-state index in [1.165, 1.54) is 32.5 Å². The van der Waals surface area contributed by atoms with Crippen LogP contribution in [0.4, 0.5) is 0 Å². The highest BCUT2D eigenvalue weighted by Gasteiger charge is 2.26. The first-order chi connectivity index (χ1) is 10.2. The van der Waals surface area contributed by atoms with Crippen LogP contribution in [0.15, 0.2) is 10.6 Å². The quantitative estimate of drug-likeness (QED) is 0.829. The first-order valence-electron chi connectivity index (χ1n) is 8.31. The molecule has 118 valence electrons. The Labute approximate surface area is 127 Å². The molecule has 1 aromatic rings. The fourth-order valence-electron chi connectivity index (χ4n) is 2.84. The molecule has 2 fully saturated rings. The van der Waals surface area contributed by atoms with Crippen molar-refractivity contribution in [2.75, 3.05) is 32.7 Å². The highest BCUT2D eigenvalue weighted by atomic mass is 16.5. The summed E-state index contributed by atoms with van der Waals surface area (Å²) in [7, 11) is 0. The van der Waals surface area contributed by atoms with E-state index in [2.05, 4.69) is 40.2 Å². The Balaban J connectivity index is 1.40. The Kier molecular flexibility index (Phi) is 4.93. The molecule has 5 heteroatoms. The number of hydrogen-bond donors (Lipinski definition) is 1. The first-order valence-corrected chi connectivity index (χ1v) is 8.31. The Bertz CT molecular complexity index is 433. The zero-order valence-corrected chi connectivity index (χ0v) is 13.3. The van der Waals surface area contributed by atoms with Gasteiger partial charge in [-0.3, -0.25) is 4.90 Å². The van der Waals surface area contributed by atoms with Crippen LogP contribution in [0, 0.1) is 5.92 Å². The molecule has 1 saturated carbocycles. The molecule has 3 rings (SSSR count). The van der Waals surface area contributed by atoms with E-state index < -0.39 is 0 Å². The lowest BCUT2D eigenvalue weighted by molar-refractivity contribution is 0.115. The van der Waals surface area contributed by atoms with E-state index >= 15 is 0 Å². The predicted molar refractivity (Wildman–Crippen MR) is 82.9 cm³/mol. The minimum absolute atomic E-state index is 0.477. The maximum absolute atomic E-state index is 5.46. The molecule has 0 unspecified atom stereocenters. The molecule has 1 aliphatic carbocycles. The molecule has 1 saturated heterocycles. The van der Waals surface area contributed by atoms with E-state index in [1.807, 2.05) is 0 Å². The molecule has 0 atom stereocenters.